The molecule has 7 heteroatoms. The van der Waals surface area contributed by atoms with E-state index in [0.29, 0.717) is 22.4 Å². The van der Waals surface area contributed by atoms with Gasteiger partial charge < -0.3 is 5.73 Å². The number of hydrogen-bond acceptors (Lipinski definition) is 5. The molecule has 2 heterocycles. The maximum Gasteiger partial charge on any atom is 0.343 e. The molecule has 2 aromatic heterocycles. The summed E-state index contributed by atoms with van der Waals surface area (Å²) in [4.78, 5) is 15.6. The van der Waals surface area contributed by atoms with Crippen molar-refractivity contribution < 1.29 is 0 Å². The number of pyridine rings is 1. The van der Waals surface area contributed by atoms with E-state index in [4.69, 9.17) is 5.73 Å². The zero-order valence-electron chi connectivity index (χ0n) is 9.60. The minimum Gasteiger partial charge on any atom is -0.396 e. The van der Waals surface area contributed by atoms with Crippen LogP contribution >= 0.6 is 11.8 Å². The number of nitrogens with one attached hydrogen (secondary N) is 1. The number of nitrogens with two attached hydrogens (primary N) is 1. The molecule has 0 aromatic carbocycles. The molecule has 0 fully saturated rings. The second-order valence-electron chi connectivity index (χ2n) is 3.50. The molecule has 2 rings (SSSR count). The highest BCUT2D eigenvalue weighted by atomic mass is 32.2. The Bertz CT molecular complexity index is 589. The number of aryl methyl sites for hydroxylation is 1. The molecule has 0 atom stereocenters. The largest absolute Gasteiger partial charge is 0.396 e. The average Bonchev–Trinajstić information content (AvgIpc) is 2.66. The minimum atomic E-state index is -0.221. The topological polar surface area (TPSA) is 89.6 Å². The predicted octanol–water partition coefficient (Wildman–Crippen LogP) is 1.03. The highest BCUT2D eigenvalue weighted by molar-refractivity contribution is 7.99. The molecule has 6 nitrogen and oxygen atoms in total. The summed E-state index contributed by atoms with van der Waals surface area (Å²) in [5.74, 6) is 0. The molecule has 0 saturated carbocycles. The van der Waals surface area contributed by atoms with Crippen LogP contribution < -0.4 is 11.4 Å². The van der Waals surface area contributed by atoms with Crippen molar-refractivity contribution in [2.75, 3.05) is 5.73 Å². The zero-order chi connectivity index (χ0) is 12.4. The number of aromatic amines is 1. The third kappa shape index (κ3) is 2.19. The van der Waals surface area contributed by atoms with Crippen molar-refractivity contribution in [3.8, 4) is 0 Å². The van der Waals surface area contributed by atoms with E-state index in [0.717, 1.165) is 5.56 Å². The van der Waals surface area contributed by atoms with Crippen molar-refractivity contribution in [1.29, 1.82) is 0 Å². The normalized spacial score (nSPS) is 10.7. The Morgan fingerprint density at radius 3 is 3.06 bits per heavy atom. The molecule has 0 aliphatic heterocycles. The molecule has 0 radical (unpaired) electrons. The number of H-pyrrole nitrogens is 1. The van der Waals surface area contributed by atoms with Crippen LogP contribution in [0.5, 0.6) is 0 Å². The fraction of sp³-hybridized carbons (Fsp3) is 0.300. The maximum atomic E-state index is 11.4. The quantitative estimate of drug-likeness (QED) is 0.850. The van der Waals surface area contributed by atoms with Gasteiger partial charge >= 0.3 is 5.69 Å². The van der Waals surface area contributed by atoms with E-state index < -0.39 is 0 Å². The molecule has 0 aliphatic rings. The lowest BCUT2D eigenvalue weighted by atomic mass is 10.3. The van der Waals surface area contributed by atoms with Gasteiger partial charge in [0, 0.05) is 12.7 Å². The summed E-state index contributed by atoms with van der Waals surface area (Å²) in [6, 6.07) is 1.84. The summed E-state index contributed by atoms with van der Waals surface area (Å²) in [5, 5.41) is 7.59. The van der Waals surface area contributed by atoms with Gasteiger partial charge in [-0.1, -0.05) is 0 Å². The van der Waals surface area contributed by atoms with Crippen LogP contribution in [0, 0.1) is 6.92 Å². The Labute approximate surface area is 102 Å². The van der Waals surface area contributed by atoms with Crippen molar-refractivity contribution in [3.05, 3.63) is 28.3 Å². The summed E-state index contributed by atoms with van der Waals surface area (Å²) in [6.07, 6.45) is 1.69. The predicted molar refractivity (Wildman–Crippen MR) is 66.0 cm³/mol. The van der Waals surface area contributed by atoms with Crippen molar-refractivity contribution in [3.63, 3.8) is 0 Å². The van der Waals surface area contributed by atoms with Crippen LogP contribution in [0.4, 0.5) is 5.69 Å². The molecular weight excluding hydrogens is 238 g/mol. The minimum absolute atomic E-state index is 0.221. The van der Waals surface area contributed by atoms with E-state index in [1.165, 1.54) is 16.3 Å². The van der Waals surface area contributed by atoms with Crippen molar-refractivity contribution in [2.24, 2.45) is 0 Å². The van der Waals surface area contributed by atoms with Gasteiger partial charge in [0.05, 0.1) is 5.69 Å². The summed E-state index contributed by atoms with van der Waals surface area (Å²) in [6.45, 7) is 4.36. The van der Waals surface area contributed by atoms with Crippen LogP contribution in [0.15, 0.2) is 27.2 Å². The van der Waals surface area contributed by atoms with Gasteiger partial charge in [0.15, 0.2) is 5.16 Å². The van der Waals surface area contributed by atoms with Gasteiger partial charge in [-0.2, -0.15) is 0 Å². The Balaban J connectivity index is 2.38. The zero-order valence-corrected chi connectivity index (χ0v) is 10.4. The van der Waals surface area contributed by atoms with Gasteiger partial charge in [0.1, 0.15) is 5.03 Å². The first kappa shape index (κ1) is 11.7. The van der Waals surface area contributed by atoms with Crippen molar-refractivity contribution in [1.82, 2.24) is 19.7 Å². The van der Waals surface area contributed by atoms with Gasteiger partial charge in [0.25, 0.3) is 0 Å². The van der Waals surface area contributed by atoms with Gasteiger partial charge in [-0.25, -0.2) is 14.9 Å². The number of aromatic nitrogens is 4. The van der Waals surface area contributed by atoms with Crippen molar-refractivity contribution >= 4 is 17.4 Å². The van der Waals surface area contributed by atoms with Crippen LogP contribution in [0.25, 0.3) is 0 Å². The molecular formula is C10H13N5OS. The van der Waals surface area contributed by atoms with Gasteiger partial charge in [0.2, 0.25) is 0 Å². The van der Waals surface area contributed by atoms with Crippen LogP contribution in [0.3, 0.4) is 0 Å². The van der Waals surface area contributed by atoms with E-state index in [1.54, 1.807) is 6.20 Å². The van der Waals surface area contributed by atoms with Crippen molar-refractivity contribution in [2.45, 2.75) is 30.6 Å². The fourth-order valence-corrected chi connectivity index (χ4v) is 2.34. The smallest absolute Gasteiger partial charge is 0.343 e. The second kappa shape index (κ2) is 4.62. The van der Waals surface area contributed by atoms with Crippen LogP contribution in [0.2, 0.25) is 0 Å². The van der Waals surface area contributed by atoms with Crippen LogP contribution in [-0.4, -0.2) is 19.7 Å². The molecule has 0 bridgehead atoms. The molecule has 2 aromatic rings. The second-order valence-corrected chi connectivity index (χ2v) is 4.46. The SMILES string of the molecule is CCn1c(Sc2nccc(C)c2N)n[nH]c1=O. The molecule has 3 N–H and O–H groups in total. The highest BCUT2D eigenvalue weighted by Gasteiger charge is 2.12. The van der Waals surface area contributed by atoms with Gasteiger partial charge in [-0.3, -0.25) is 4.57 Å². The summed E-state index contributed by atoms with van der Waals surface area (Å²) >= 11 is 1.28. The Morgan fingerprint density at radius 1 is 1.59 bits per heavy atom. The van der Waals surface area contributed by atoms with E-state index in [9.17, 15) is 4.79 Å². The van der Waals surface area contributed by atoms with Crippen LogP contribution in [-0.2, 0) is 6.54 Å². The Kier molecular flexibility index (Phi) is 3.19. The standard InChI is InChI=1S/C10H13N5OS/c1-3-15-9(16)13-14-10(15)17-8-7(11)6(2)4-5-12-8/h4-5H,3,11H2,1-2H3,(H,13,16). The summed E-state index contributed by atoms with van der Waals surface area (Å²) in [5.41, 5.74) is 7.28. The maximum absolute atomic E-state index is 11.4. The molecule has 0 unspecified atom stereocenters. The molecule has 0 spiro atoms. The molecule has 0 aliphatic carbocycles. The first-order valence-corrected chi connectivity index (χ1v) is 5.99. The highest BCUT2D eigenvalue weighted by Crippen LogP contribution is 2.29. The summed E-state index contributed by atoms with van der Waals surface area (Å²) in [7, 11) is 0. The third-order valence-corrected chi connectivity index (χ3v) is 3.41. The lowest BCUT2D eigenvalue weighted by Gasteiger charge is -2.06. The Hall–Kier alpha value is -1.76. The van der Waals surface area contributed by atoms with E-state index in [-0.39, 0.29) is 5.69 Å². The number of nitrogens with zero attached hydrogens (tertiary/aromatic N) is 3. The average molecular weight is 251 g/mol. The van der Waals surface area contributed by atoms with Crippen LogP contribution in [0.1, 0.15) is 12.5 Å². The molecule has 0 amide bonds. The number of hydrogen-bond donors (Lipinski definition) is 2. The third-order valence-electron chi connectivity index (χ3n) is 2.40. The molecule has 90 valence electrons. The van der Waals surface area contributed by atoms with Gasteiger partial charge in [-0.15, -0.1) is 5.10 Å². The van der Waals surface area contributed by atoms with E-state index in [2.05, 4.69) is 15.2 Å². The summed E-state index contributed by atoms with van der Waals surface area (Å²) < 4.78 is 1.54. The Morgan fingerprint density at radius 2 is 2.35 bits per heavy atom. The number of nitrogen functional groups attached to an aromatic ring is 1. The molecule has 0 saturated heterocycles. The number of anilines is 1. The fourth-order valence-electron chi connectivity index (χ4n) is 1.37. The van der Waals surface area contributed by atoms with E-state index in [1.807, 2.05) is 19.9 Å². The number of rotatable bonds is 3. The lowest BCUT2D eigenvalue weighted by molar-refractivity contribution is 0.660. The monoisotopic (exact) mass is 251 g/mol. The van der Waals surface area contributed by atoms with Gasteiger partial charge in [-0.05, 0) is 37.2 Å². The first-order chi connectivity index (χ1) is 8.13. The first-order valence-electron chi connectivity index (χ1n) is 5.17. The van der Waals surface area contributed by atoms with E-state index >= 15 is 0 Å². The lowest BCUT2D eigenvalue weighted by Crippen LogP contribution is -2.16. The molecule has 17 heavy (non-hydrogen) atoms.